The van der Waals surface area contributed by atoms with Crippen molar-refractivity contribution in [3.63, 3.8) is 0 Å². The molecule has 4 heteroatoms. The average molecular weight is 331 g/mol. The van der Waals surface area contributed by atoms with Crippen molar-refractivity contribution in [2.75, 3.05) is 0 Å². The zero-order valence-electron chi connectivity index (χ0n) is 14.6. The van der Waals surface area contributed by atoms with Crippen LogP contribution in [0.5, 0.6) is 0 Å². The molecular weight excluding hydrogens is 302 g/mol. The Kier molecular flexibility index (Phi) is 15.5. The molecule has 0 bridgehead atoms. The lowest BCUT2D eigenvalue weighted by atomic mass is 10.2. The lowest BCUT2D eigenvalue weighted by Gasteiger charge is -1.93. The van der Waals surface area contributed by atoms with Crippen LogP contribution in [0.25, 0.3) is 0 Å². The molecule has 0 aromatic heterocycles. The van der Waals surface area contributed by atoms with E-state index in [9.17, 15) is 14.9 Å². The van der Waals surface area contributed by atoms with Gasteiger partial charge >= 0.3 is 0 Å². The number of unbranched alkanes of at least 4 members (excludes halogenated alkanes) is 2. The van der Waals surface area contributed by atoms with Crippen LogP contribution in [0.3, 0.4) is 0 Å². The van der Waals surface area contributed by atoms with E-state index in [-0.39, 0.29) is 10.6 Å². The fourth-order valence-corrected chi connectivity index (χ4v) is 1.88. The van der Waals surface area contributed by atoms with Crippen molar-refractivity contribution >= 4 is 6.29 Å². The lowest BCUT2D eigenvalue weighted by Crippen LogP contribution is -1.97. The second-order valence-electron chi connectivity index (χ2n) is 5.26. The van der Waals surface area contributed by atoms with Crippen molar-refractivity contribution < 1.29 is 9.72 Å². The van der Waals surface area contributed by atoms with Crippen LogP contribution in [0.4, 0.5) is 0 Å². The molecular formula is C20H29NO3. The summed E-state index contributed by atoms with van der Waals surface area (Å²) in [7, 11) is 0. The Morgan fingerprint density at radius 2 is 1.50 bits per heavy atom. The molecule has 0 spiro atoms. The van der Waals surface area contributed by atoms with E-state index in [1.807, 2.05) is 36.5 Å². The third-order valence-corrected chi connectivity index (χ3v) is 3.19. The van der Waals surface area contributed by atoms with Gasteiger partial charge in [-0.3, -0.25) is 10.1 Å². The van der Waals surface area contributed by atoms with E-state index in [4.69, 9.17) is 0 Å². The van der Waals surface area contributed by atoms with Gasteiger partial charge in [-0.1, -0.05) is 55.5 Å². The third kappa shape index (κ3) is 14.7. The molecule has 0 heterocycles. The normalized spacial score (nSPS) is 13.0. The number of carbonyl (C=O) groups excluding carboxylic acids is 1. The molecule has 0 atom stereocenters. The molecule has 0 radical (unpaired) electrons. The monoisotopic (exact) mass is 331 g/mol. The molecule has 24 heavy (non-hydrogen) atoms. The summed E-state index contributed by atoms with van der Waals surface area (Å²) in [6.45, 7) is 2.09. The maximum absolute atomic E-state index is 11.0. The summed E-state index contributed by atoms with van der Waals surface area (Å²) in [5.74, 6) is 0. The number of carbonyl (C=O) groups is 1. The molecule has 0 unspecified atom stereocenters. The molecule has 0 aliphatic carbocycles. The number of nitro groups is 1. The van der Waals surface area contributed by atoms with Gasteiger partial charge < -0.3 is 4.79 Å². The molecule has 0 aromatic rings. The number of aldehydes is 1. The van der Waals surface area contributed by atoms with E-state index in [1.54, 1.807) is 6.08 Å². The highest BCUT2D eigenvalue weighted by Gasteiger charge is 2.06. The Morgan fingerprint density at radius 1 is 0.875 bits per heavy atom. The number of allylic oxidation sites excluding steroid dienone is 9. The summed E-state index contributed by atoms with van der Waals surface area (Å²) in [4.78, 5) is 20.8. The van der Waals surface area contributed by atoms with Crippen LogP contribution >= 0.6 is 0 Å². The lowest BCUT2D eigenvalue weighted by molar-refractivity contribution is -0.427. The number of hydrogen-bond acceptors (Lipinski definition) is 3. The first-order chi connectivity index (χ1) is 11.7. The topological polar surface area (TPSA) is 60.2 Å². The minimum Gasteiger partial charge on any atom is -0.303 e. The molecule has 0 aliphatic rings. The van der Waals surface area contributed by atoms with Crippen LogP contribution < -0.4 is 0 Å². The summed E-state index contributed by atoms with van der Waals surface area (Å²) in [5, 5.41) is 11.0. The maximum Gasteiger partial charge on any atom is 0.246 e. The molecule has 0 aliphatic heterocycles. The highest BCUT2D eigenvalue weighted by molar-refractivity contribution is 5.49. The van der Waals surface area contributed by atoms with Crippen LogP contribution in [0.2, 0.25) is 0 Å². The van der Waals surface area contributed by atoms with Gasteiger partial charge in [0.15, 0.2) is 0 Å². The predicted molar refractivity (Wildman–Crippen MR) is 100 cm³/mol. The van der Waals surface area contributed by atoms with E-state index in [0.29, 0.717) is 19.3 Å². The zero-order chi connectivity index (χ0) is 17.9. The molecule has 4 nitrogen and oxygen atoms in total. The van der Waals surface area contributed by atoms with Crippen molar-refractivity contribution in [1.29, 1.82) is 0 Å². The smallest absolute Gasteiger partial charge is 0.246 e. The molecule has 0 fully saturated rings. The Bertz CT molecular complexity index is 485. The van der Waals surface area contributed by atoms with Crippen LogP contribution in [0.1, 0.15) is 58.3 Å². The molecule has 0 amide bonds. The van der Waals surface area contributed by atoms with Gasteiger partial charge in [0.1, 0.15) is 6.29 Å². The Morgan fingerprint density at radius 3 is 2.17 bits per heavy atom. The van der Waals surface area contributed by atoms with Gasteiger partial charge in [-0.05, 0) is 44.6 Å². The summed E-state index contributed by atoms with van der Waals surface area (Å²) in [5.41, 5.74) is 0.231. The highest BCUT2D eigenvalue weighted by atomic mass is 16.6. The minimum absolute atomic E-state index is 0.231. The summed E-state index contributed by atoms with van der Waals surface area (Å²) in [6, 6.07) is 0. The van der Waals surface area contributed by atoms with Gasteiger partial charge in [-0.15, -0.1) is 0 Å². The van der Waals surface area contributed by atoms with Crippen LogP contribution in [-0.2, 0) is 4.79 Å². The van der Waals surface area contributed by atoms with Gasteiger partial charge in [-0.2, -0.15) is 0 Å². The van der Waals surface area contributed by atoms with Gasteiger partial charge in [0, 0.05) is 6.42 Å². The fraction of sp³-hybridized carbons (Fsp3) is 0.450. The Labute approximate surface area is 145 Å². The van der Waals surface area contributed by atoms with E-state index < -0.39 is 0 Å². The first-order valence-corrected chi connectivity index (χ1v) is 8.59. The second kappa shape index (κ2) is 17.1. The van der Waals surface area contributed by atoms with Gasteiger partial charge in [0.25, 0.3) is 0 Å². The SMILES string of the molecule is CC/C=C\C/C=C\C/C=C(\C/C=C\C/C=C\CCCC=O)[N+](=O)[O-]. The van der Waals surface area contributed by atoms with E-state index >= 15 is 0 Å². The number of hydrogen-bond donors (Lipinski definition) is 0. The summed E-state index contributed by atoms with van der Waals surface area (Å²) >= 11 is 0. The van der Waals surface area contributed by atoms with Crippen molar-refractivity contribution in [3.05, 3.63) is 70.5 Å². The van der Waals surface area contributed by atoms with Crippen LogP contribution in [-0.4, -0.2) is 11.2 Å². The Balaban J connectivity index is 4.08. The van der Waals surface area contributed by atoms with Crippen molar-refractivity contribution in [2.45, 2.75) is 58.3 Å². The van der Waals surface area contributed by atoms with Gasteiger partial charge in [0.2, 0.25) is 5.70 Å². The standard InChI is InChI=1S/C20H29NO3/c1-2-3-4-5-8-11-14-17-20(21(23)24)18-15-12-9-6-7-10-13-16-19-22/h3-4,6-8,11-12,15,17,19H,2,5,9-10,13-14,16,18H2,1H3/b4-3-,7-6-,11-8-,15-12-,20-17+. The predicted octanol–water partition coefficient (Wildman–Crippen LogP) is 5.71. The van der Waals surface area contributed by atoms with E-state index in [2.05, 4.69) is 19.1 Å². The molecule has 132 valence electrons. The van der Waals surface area contributed by atoms with Crippen molar-refractivity contribution in [2.24, 2.45) is 0 Å². The Hall–Kier alpha value is -2.23. The first kappa shape index (κ1) is 21.8. The molecule has 0 N–H and O–H groups in total. The highest BCUT2D eigenvalue weighted by Crippen LogP contribution is 2.07. The number of nitrogens with zero attached hydrogens (tertiary/aromatic N) is 1. The third-order valence-electron chi connectivity index (χ3n) is 3.19. The fourth-order valence-electron chi connectivity index (χ4n) is 1.88. The van der Waals surface area contributed by atoms with E-state index in [1.165, 1.54) is 0 Å². The largest absolute Gasteiger partial charge is 0.303 e. The summed E-state index contributed by atoms with van der Waals surface area (Å²) < 4.78 is 0. The van der Waals surface area contributed by atoms with Crippen molar-refractivity contribution in [3.8, 4) is 0 Å². The summed E-state index contributed by atoms with van der Waals surface area (Å²) in [6.07, 6.45) is 24.5. The average Bonchev–Trinajstić information content (AvgIpc) is 2.57. The van der Waals surface area contributed by atoms with Gasteiger partial charge in [0.05, 0.1) is 11.3 Å². The first-order valence-electron chi connectivity index (χ1n) is 8.59. The molecule has 0 saturated carbocycles. The second-order valence-corrected chi connectivity index (χ2v) is 5.26. The van der Waals surface area contributed by atoms with E-state index in [0.717, 1.165) is 38.4 Å². The quantitative estimate of drug-likeness (QED) is 0.135. The molecule has 0 rings (SSSR count). The van der Waals surface area contributed by atoms with Crippen molar-refractivity contribution in [1.82, 2.24) is 0 Å². The van der Waals surface area contributed by atoms with Crippen LogP contribution in [0.15, 0.2) is 60.4 Å². The van der Waals surface area contributed by atoms with Gasteiger partial charge in [-0.25, -0.2) is 0 Å². The van der Waals surface area contributed by atoms with Crippen LogP contribution in [0, 0.1) is 10.1 Å². The zero-order valence-corrected chi connectivity index (χ0v) is 14.6. The molecule has 0 aromatic carbocycles. The molecule has 0 saturated heterocycles. The number of rotatable bonds is 14. The minimum atomic E-state index is -0.315. The maximum atomic E-state index is 11.0.